The molecule has 1 N–H and O–H groups in total. The third-order valence-electron chi connectivity index (χ3n) is 3.03. The van der Waals surface area contributed by atoms with Gasteiger partial charge in [-0.3, -0.25) is 0 Å². The molecule has 3 aromatic rings. The van der Waals surface area contributed by atoms with Crippen LogP contribution in [-0.4, -0.2) is 14.8 Å². The third kappa shape index (κ3) is 2.74. The number of nitrogens with zero attached hydrogens (tertiary/aromatic N) is 3. The number of aromatic nitrogens is 3. The maximum atomic E-state index is 13.6. The Kier molecular flexibility index (Phi) is 3.59. The molecule has 0 saturated carbocycles. The fourth-order valence-electron chi connectivity index (χ4n) is 2.00. The molecule has 0 bridgehead atoms. The normalized spacial score (nSPS) is 10.6. The van der Waals surface area contributed by atoms with E-state index in [2.05, 4.69) is 15.4 Å². The summed E-state index contributed by atoms with van der Waals surface area (Å²) >= 11 is 0. The topological polar surface area (TPSA) is 42.7 Å². The zero-order valence-electron chi connectivity index (χ0n) is 11.0. The van der Waals surface area contributed by atoms with Crippen LogP contribution < -0.4 is 5.32 Å². The Labute approximate surface area is 120 Å². The summed E-state index contributed by atoms with van der Waals surface area (Å²) < 4.78 is 28.8. The van der Waals surface area contributed by atoms with Gasteiger partial charge < -0.3 is 5.32 Å². The number of nitrogens with one attached hydrogen (secondary N) is 1. The number of halogens is 2. The average molecular weight is 286 g/mol. The van der Waals surface area contributed by atoms with E-state index >= 15 is 0 Å². The van der Waals surface area contributed by atoms with Crippen LogP contribution in [0.25, 0.3) is 5.82 Å². The van der Waals surface area contributed by atoms with Crippen LogP contribution >= 0.6 is 0 Å². The van der Waals surface area contributed by atoms with Crippen molar-refractivity contribution in [2.75, 3.05) is 5.32 Å². The van der Waals surface area contributed by atoms with Crippen LogP contribution in [0, 0.1) is 11.6 Å². The second-order valence-corrected chi connectivity index (χ2v) is 4.38. The molecule has 0 spiro atoms. The Morgan fingerprint density at radius 3 is 2.52 bits per heavy atom. The van der Waals surface area contributed by atoms with Gasteiger partial charge in [0, 0.05) is 30.7 Å². The Hall–Kier alpha value is -2.76. The molecule has 0 fully saturated rings. The zero-order chi connectivity index (χ0) is 14.7. The zero-order valence-corrected chi connectivity index (χ0v) is 11.0. The molecule has 3 rings (SSSR count). The Bertz CT molecular complexity index is 721. The number of anilines is 1. The summed E-state index contributed by atoms with van der Waals surface area (Å²) in [6.07, 6.45) is 5.01. The summed E-state index contributed by atoms with van der Waals surface area (Å²) in [5.74, 6) is -0.585. The molecule has 0 amide bonds. The van der Waals surface area contributed by atoms with Gasteiger partial charge in [0.2, 0.25) is 0 Å². The summed E-state index contributed by atoms with van der Waals surface area (Å²) in [6.45, 7) is 0.0263. The molecule has 0 aliphatic rings. The van der Waals surface area contributed by atoms with Crippen LogP contribution in [0.5, 0.6) is 0 Å². The van der Waals surface area contributed by atoms with Gasteiger partial charge in [-0.15, -0.1) is 0 Å². The van der Waals surface area contributed by atoms with Crippen molar-refractivity contribution < 1.29 is 8.78 Å². The van der Waals surface area contributed by atoms with Crippen LogP contribution in [0.2, 0.25) is 0 Å². The van der Waals surface area contributed by atoms with Crippen LogP contribution in [-0.2, 0) is 6.54 Å². The summed E-state index contributed by atoms with van der Waals surface area (Å²) in [5.41, 5.74) is 0.636. The van der Waals surface area contributed by atoms with Crippen LogP contribution in [0.1, 0.15) is 5.56 Å². The van der Waals surface area contributed by atoms with Gasteiger partial charge in [-0.25, -0.2) is 18.4 Å². The predicted molar refractivity (Wildman–Crippen MR) is 75.0 cm³/mol. The highest BCUT2D eigenvalue weighted by atomic mass is 19.1. The van der Waals surface area contributed by atoms with E-state index in [0.29, 0.717) is 11.5 Å². The minimum Gasteiger partial charge on any atom is -0.378 e. The van der Waals surface area contributed by atoms with Crippen molar-refractivity contribution in [3.63, 3.8) is 0 Å². The van der Waals surface area contributed by atoms with Crippen LogP contribution in [0.4, 0.5) is 14.5 Å². The number of hydrogen-bond acceptors (Lipinski definition) is 3. The maximum Gasteiger partial charge on any atom is 0.176 e. The Morgan fingerprint density at radius 2 is 1.81 bits per heavy atom. The van der Waals surface area contributed by atoms with E-state index in [4.69, 9.17) is 0 Å². The Balaban J connectivity index is 1.86. The molecule has 2 heterocycles. The summed E-state index contributed by atoms with van der Waals surface area (Å²) in [5, 5.41) is 7.10. The number of pyridine rings is 1. The largest absolute Gasteiger partial charge is 0.378 e. The average Bonchev–Trinajstić information content (AvgIpc) is 3.01. The van der Waals surface area contributed by atoms with Gasteiger partial charge in [0.15, 0.2) is 5.82 Å². The molecular formula is C15H12F2N4. The van der Waals surface area contributed by atoms with Gasteiger partial charge in [-0.2, -0.15) is 5.10 Å². The van der Waals surface area contributed by atoms with E-state index in [0.717, 1.165) is 0 Å². The van der Waals surface area contributed by atoms with Gasteiger partial charge >= 0.3 is 0 Å². The standard InChI is InChI=1S/C15H12F2N4/c16-12-4-1-5-13(17)11(12)10-19-14-6-2-7-18-15(14)21-9-3-8-20-21/h1-9,19H,10H2. The summed E-state index contributed by atoms with van der Waals surface area (Å²) in [7, 11) is 0. The van der Waals surface area contributed by atoms with E-state index in [9.17, 15) is 8.78 Å². The molecule has 2 aromatic heterocycles. The fourth-order valence-corrected chi connectivity index (χ4v) is 2.00. The molecule has 6 heteroatoms. The van der Waals surface area contributed by atoms with E-state index in [-0.39, 0.29) is 12.1 Å². The minimum atomic E-state index is -0.577. The van der Waals surface area contributed by atoms with E-state index < -0.39 is 11.6 Å². The van der Waals surface area contributed by atoms with E-state index in [1.54, 1.807) is 41.5 Å². The minimum absolute atomic E-state index is 0.00670. The number of benzene rings is 1. The lowest BCUT2D eigenvalue weighted by atomic mass is 10.2. The number of hydrogen-bond donors (Lipinski definition) is 1. The third-order valence-corrected chi connectivity index (χ3v) is 3.03. The summed E-state index contributed by atoms with van der Waals surface area (Å²) in [4.78, 5) is 4.23. The SMILES string of the molecule is Fc1cccc(F)c1CNc1cccnc1-n1cccn1. The first-order valence-corrected chi connectivity index (χ1v) is 6.37. The van der Waals surface area contributed by atoms with Crippen molar-refractivity contribution in [1.82, 2.24) is 14.8 Å². The monoisotopic (exact) mass is 286 g/mol. The Morgan fingerprint density at radius 1 is 1.00 bits per heavy atom. The molecule has 0 aliphatic heterocycles. The van der Waals surface area contributed by atoms with Crippen molar-refractivity contribution in [1.29, 1.82) is 0 Å². The molecule has 0 unspecified atom stereocenters. The quantitative estimate of drug-likeness (QED) is 0.801. The van der Waals surface area contributed by atoms with Gasteiger partial charge in [-0.1, -0.05) is 6.07 Å². The first-order chi connectivity index (χ1) is 10.3. The van der Waals surface area contributed by atoms with Gasteiger partial charge in [0.1, 0.15) is 11.6 Å². The van der Waals surface area contributed by atoms with Crippen LogP contribution in [0.15, 0.2) is 55.0 Å². The molecular weight excluding hydrogens is 274 g/mol. The van der Waals surface area contributed by atoms with Crippen molar-refractivity contribution in [2.45, 2.75) is 6.54 Å². The highest BCUT2D eigenvalue weighted by Gasteiger charge is 2.10. The lowest BCUT2D eigenvalue weighted by molar-refractivity contribution is 0.560. The van der Waals surface area contributed by atoms with Crippen molar-refractivity contribution >= 4 is 5.69 Å². The lowest BCUT2D eigenvalue weighted by Crippen LogP contribution is -2.08. The summed E-state index contributed by atoms with van der Waals surface area (Å²) in [6, 6.07) is 9.10. The smallest absolute Gasteiger partial charge is 0.176 e. The lowest BCUT2D eigenvalue weighted by Gasteiger charge is -2.11. The van der Waals surface area contributed by atoms with E-state index in [1.165, 1.54) is 18.2 Å². The van der Waals surface area contributed by atoms with Crippen molar-refractivity contribution in [3.8, 4) is 5.82 Å². The molecule has 0 aliphatic carbocycles. The second kappa shape index (κ2) is 5.70. The molecule has 106 valence electrons. The van der Waals surface area contributed by atoms with Gasteiger partial charge in [0.05, 0.1) is 5.69 Å². The number of rotatable bonds is 4. The molecule has 21 heavy (non-hydrogen) atoms. The molecule has 4 nitrogen and oxygen atoms in total. The molecule has 0 radical (unpaired) electrons. The van der Waals surface area contributed by atoms with Crippen molar-refractivity contribution in [2.24, 2.45) is 0 Å². The van der Waals surface area contributed by atoms with Gasteiger partial charge in [-0.05, 0) is 30.3 Å². The predicted octanol–water partition coefficient (Wildman–Crippen LogP) is 3.16. The molecule has 0 saturated heterocycles. The first kappa shape index (κ1) is 13.2. The molecule has 0 atom stereocenters. The maximum absolute atomic E-state index is 13.6. The van der Waals surface area contributed by atoms with Gasteiger partial charge in [0.25, 0.3) is 0 Å². The highest BCUT2D eigenvalue weighted by Crippen LogP contribution is 2.19. The second-order valence-electron chi connectivity index (χ2n) is 4.38. The van der Waals surface area contributed by atoms with Crippen molar-refractivity contribution in [3.05, 3.63) is 72.2 Å². The van der Waals surface area contributed by atoms with E-state index in [1.807, 2.05) is 0 Å². The van der Waals surface area contributed by atoms with Crippen LogP contribution in [0.3, 0.4) is 0 Å². The fraction of sp³-hybridized carbons (Fsp3) is 0.0667. The molecule has 1 aromatic carbocycles. The first-order valence-electron chi connectivity index (χ1n) is 6.37. The highest BCUT2D eigenvalue weighted by molar-refractivity contribution is 5.56.